The largest absolute Gasteiger partial charge is 0.496 e. The number of carbonyl (C=O) groups is 1. The van der Waals surface area contributed by atoms with E-state index in [0.29, 0.717) is 34.4 Å². The SMILES string of the molecule is COc1cc(OC)c(-c2cc(C(=O)Nc3ccc4c(c3)CCC(CN3CCCCC3)C4)on2)cc1OC. The van der Waals surface area contributed by atoms with Crippen LogP contribution in [0.15, 0.2) is 40.9 Å². The number of nitrogens with zero attached hydrogens (tertiary/aromatic N) is 2. The summed E-state index contributed by atoms with van der Waals surface area (Å²) in [6, 6.07) is 11.3. The molecule has 3 aromatic rings. The van der Waals surface area contributed by atoms with Crippen LogP contribution in [0.3, 0.4) is 0 Å². The Morgan fingerprint density at radius 1 is 0.973 bits per heavy atom. The molecule has 0 bridgehead atoms. The van der Waals surface area contributed by atoms with Crippen LogP contribution in [-0.2, 0) is 12.8 Å². The van der Waals surface area contributed by atoms with E-state index in [4.69, 9.17) is 18.7 Å². The third-order valence-corrected chi connectivity index (χ3v) is 7.48. The predicted octanol–water partition coefficient (Wildman–Crippen LogP) is 5.21. The van der Waals surface area contributed by atoms with Crippen LogP contribution in [0.5, 0.6) is 17.2 Å². The van der Waals surface area contributed by atoms with Crippen molar-refractivity contribution in [1.29, 1.82) is 0 Å². The van der Waals surface area contributed by atoms with Gasteiger partial charge in [-0.05, 0) is 80.4 Å². The van der Waals surface area contributed by atoms with Crippen LogP contribution >= 0.6 is 0 Å². The van der Waals surface area contributed by atoms with Crippen molar-refractivity contribution in [2.45, 2.75) is 38.5 Å². The fourth-order valence-electron chi connectivity index (χ4n) is 5.50. The predicted molar refractivity (Wildman–Crippen MR) is 142 cm³/mol. The quantitative estimate of drug-likeness (QED) is 0.450. The van der Waals surface area contributed by atoms with E-state index >= 15 is 0 Å². The molecular formula is C29H35N3O5. The summed E-state index contributed by atoms with van der Waals surface area (Å²) in [6.07, 6.45) is 7.39. The van der Waals surface area contributed by atoms with E-state index in [1.165, 1.54) is 56.4 Å². The molecule has 196 valence electrons. The summed E-state index contributed by atoms with van der Waals surface area (Å²) in [5.74, 6) is 2.08. The molecular weight excluding hydrogens is 470 g/mol. The molecule has 0 saturated carbocycles. The zero-order valence-corrected chi connectivity index (χ0v) is 21.8. The lowest BCUT2D eigenvalue weighted by molar-refractivity contribution is 0.0988. The molecule has 5 rings (SSSR count). The number of hydrogen-bond acceptors (Lipinski definition) is 7. The maximum Gasteiger partial charge on any atom is 0.294 e. The van der Waals surface area contributed by atoms with Crippen molar-refractivity contribution in [2.24, 2.45) is 5.92 Å². The minimum Gasteiger partial charge on any atom is -0.496 e. The number of rotatable bonds is 8. The fourth-order valence-corrected chi connectivity index (χ4v) is 5.50. The van der Waals surface area contributed by atoms with Crippen molar-refractivity contribution in [2.75, 3.05) is 46.3 Å². The van der Waals surface area contributed by atoms with E-state index < -0.39 is 0 Å². The van der Waals surface area contributed by atoms with E-state index in [0.717, 1.165) is 18.5 Å². The number of methoxy groups -OCH3 is 3. The molecule has 1 atom stereocenters. The fraction of sp³-hybridized carbons (Fsp3) is 0.448. The molecule has 2 aliphatic rings. The zero-order valence-electron chi connectivity index (χ0n) is 21.8. The molecule has 1 aromatic heterocycles. The standard InChI is InChI=1S/C29H35N3O5/c1-34-25-17-27(36-3)26(35-2)15-23(25)24-16-28(37-31-24)29(33)30-22-10-9-20-13-19(7-8-21(20)14-22)18-32-11-5-4-6-12-32/h9-10,14-17,19H,4-8,11-13,18H2,1-3H3,(H,30,33). The van der Waals surface area contributed by atoms with Gasteiger partial charge in [-0.25, -0.2) is 0 Å². The molecule has 1 unspecified atom stereocenters. The van der Waals surface area contributed by atoms with Gasteiger partial charge in [-0.2, -0.15) is 0 Å². The second kappa shape index (κ2) is 11.3. The molecule has 1 N–H and O–H groups in total. The van der Waals surface area contributed by atoms with Gasteiger partial charge in [0.15, 0.2) is 11.5 Å². The number of amides is 1. The van der Waals surface area contributed by atoms with Gasteiger partial charge < -0.3 is 29.0 Å². The van der Waals surface area contributed by atoms with Gasteiger partial charge in [0.1, 0.15) is 11.4 Å². The molecule has 1 fully saturated rings. The first-order valence-corrected chi connectivity index (χ1v) is 13.0. The van der Waals surface area contributed by atoms with Crippen molar-refractivity contribution in [1.82, 2.24) is 10.1 Å². The number of carbonyl (C=O) groups excluding carboxylic acids is 1. The van der Waals surface area contributed by atoms with Gasteiger partial charge in [-0.1, -0.05) is 17.6 Å². The molecule has 0 radical (unpaired) electrons. The number of anilines is 1. The van der Waals surface area contributed by atoms with Gasteiger partial charge >= 0.3 is 0 Å². The van der Waals surface area contributed by atoms with Gasteiger partial charge in [0, 0.05) is 29.9 Å². The van der Waals surface area contributed by atoms with E-state index in [9.17, 15) is 4.79 Å². The molecule has 1 aliphatic heterocycles. The Morgan fingerprint density at radius 3 is 2.49 bits per heavy atom. The van der Waals surface area contributed by atoms with Gasteiger partial charge in [-0.15, -0.1) is 0 Å². The minimum absolute atomic E-state index is 0.117. The number of ether oxygens (including phenoxy) is 3. The van der Waals surface area contributed by atoms with E-state index in [1.807, 2.05) is 6.07 Å². The van der Waals surface area contributed by atoms with Crippen LogP contribution in [0.4, 0.5) is 5.69 Å². The van der Waals surface area contributed by atoms with Crippen LogP contribution in [-0.4, -0.2) is 56.9 Å². The number of hydrogen-bond donors (Lipinski definition) is 1. The Labute approximate surface area is 217 Å². The molecule has 1 saturated heterocycles. The summed E-state index contributed by atoms with van der Waals surface area (Å²) in [7, 11) is 4.68. The Balaban J connectivity index is 1.26. The van der Waals surface area contributed by atoms with Crippen LogP contribution in [0.2, 0.25) is 0 Å². The topological polar surface area (TPSA) is 86.1 Å². The summed E-state index contributed by atoms with van der Waals surface area (Å²) < 4.78 is 21.6. The van der Waals surface area contributed by atoms with Crippen molar-refractivity contribution in [3.8, 4) is 28.5 Å². The minimum atomic E-state index is -0.350. The molecule has 2 aromatic carbocycles. The highest BCUT2D eigenvalue weighted by atomic mass is 16.5. The lowest BCUT2D eigenvalue weighted by Gasteiger charge is -2.33. The average molecular weight is 506 g/mol. The number of likely N-dealkylation sites (tertiary alicyclic amines) is 1. The van der Waals surface area contributed by atoms with Gasteiger partial charge in [0.2, 0.25) is 5.76 Å². The molecule has 1 aliphatic carbocycles. The Hall–Kier alpha value is -3.52. The number of aryl methyl sites for hydroxylation is 1. The highest BCUT2D eigenvalue weighted by molar-refractivity contribution is 6.02. The second-order valence-electron chi connectivity index (χ2n) is 9.89. The van der Waals surface area contributed by atoms with E-state index in [-0.39, 0.29) is 11.7 Å². The van der Waals surface area contributed by atoms with E-state index in [1.54, 1.807) is 39.5 Å². The Bertz CT molecular complexity index is 1250. The maximum absolute atomic E-state index is 13.0. The maximum atomic E-state index is 13.0. The summed E-state index contributed by atoms with van der Waals surface area (Å²) in [5, 5.41) is 7.06. The van der Waals surface area contributed by atoms with Crippen molar-refractivity contribution in [3.05, 3.63) is 53.3 Å². The number of aromatic nitrogens is 1. The summed E-state index contributed by atoms with van der Waals surface area (Å²) in [5.41, 5.74) is 4.58. The van der Waals surface area contributed by atoms with Crippen LogP contribution in [0.25, 0.3) is 11.3 Å². The van der Waals surface area contributed by atoms with Crippen LogP contribution < -0.4 is 19.5 Å². The average Bonchev–Trinajstić information content (AvgIpc) is 3.43. The third kappa shape index (κ3) is 5.59. The molecule has 8 heteroatoms. The monoisotopic (exact) mass is 505 g/mol. The normalized spacial score (nSPS) is 17.6. The third-order valence-electron chi connectivity index (χ3n) is 7.48. The Kier molecular flexibility index (Phi) is 7.65. The van der Waals surface area contributed by atoms with Crippen LogP contribution in [0.1, 0.15) is 47.4 Å². The molecule has 0 spiro atoms. The number of nitrogens with one attached hydrogen (secondary N) is 1. The number of benzene rings is 2. The molecule has 8 nitrogen and oxygen atoms in total. The summed E-state index contributed by atoms with van der Waals surface area (Å²) >= 11 is 0. The summed E-state index contributed by atoms with van der Waals surface area (Å²) in [6.45, 7) is 3.70. The first-order valence-electron chi connectivity index (χ1n) is 13.0. The number of piperidine rings is 1. The molecule has 1 amide bonds. The Morgan fingerprint density at radius 2 is 1.73 bits per heavy atom. The zero-order chi connectivity index (χ0) is 25.8. The van der Waals surface area contributed by atoms with Crippen molar-refractivity contribution in [3.63, 3.8) is 0 Å². The van der Waals surface area contributed by atoms with E-state index in [2.05, 4.69) is 27.5 Å². The van der Waals surface area contributed by atoms with Crippen LogP contribution in [0, 0.1) is 5.92 Å². The summed E-state index contributed by atoms with van der Waals surface area (Å²) in [4.78, 5) is 15.6. The van der Waals surface area contributed by atoms with Gasteiger partial charge in [-0.3, -0.25) is 4.79 Å². The molecule has 37 heavy (non-hydrogen) atoms. The van der Waals surface area contributed by atoms with Crippen molar-refractivity contribution >= 4 is 11.6 Å². The van der Waals surface area contributed by atoms with Gasteiger partial charge in [0.05, 0.1) is 21.3 Å². The smallest absolute Gasteiger partial charge is 0.294 e. The lowest BCUT2D eigenvalue weighted by atomic mass is 9.83. The highest BCUT2D eigenvalue weighted by Crippen LogP contribution is 2.40. The number of fused-ring (bicyclic) bond motifs is 1. The van der Waals surface area contributed by atoms with Crippen molar-refractivity contribution < 1.29 is 23.5 Å². The first-order chi connectivity index (χ1) is 18.1. The highest BCUT2D eigenvalue weighted by Gasteiger charge is 2.23. The second-order valence-corrected chi connectivity index (χ2v) is 9.89. The first kappa shape index (κ1) is 25.1. The lowest BCUT2D eigenvalue weighted by Crippen LogP contribution is -2.36. The molecule has 2 heterocycles. The van der Waals surface area contributed by atoms with Gasteiger partial charge in [0.25, 0.3) is 5.91 Å².